The van der Waals surface area contributed by atoms with E-state index in [1.54, 1.807) is 6.07 Å². The molecule has 2 aromatic rings. The van der Waals surface area contributed by atoms with Crippen molar-refractivity contribution < 1.29 is 17.9 Å². The number of rotatable bonds is 4. The summed E-state index contributed by atoms with van der Waals surface area (Å²) >= 11 is 11.5. The van der Waals surface area contributed by atoms with E-state index in [4.69, 9.17) is 23.2 Å². The monoisotopic (exact) mass is 313 g/mol. The summed E-state index contributed by atoms with van der Waals surface area (Å²) in [4.78, 5) is 10.9. The number of aromatic amines is 1. The standard InChI is InChI=1S/C10H8Cl2F3N3O/c11-5-3-6-9(18-8(5)12)17-7(16-6)1-2-19-4-10(13,14)15/h3H,1-2,4H2,(H,16,17,18). The average Bonchev–Trinajstić information content (AvgIpc) is 2.66. The molecule has 0 aliphatic carbocycles. The second kappa shape index (κ2) is 5.52. The first-order valence-electron chi connectivity index (χ1n) is 5.20. The highest BCUT2D eigenvalue weighted by molar-refractivity contribution is 6.41. The van der Waals surface area contributed by atoms with Gasteiger partial charge in [-0.1, -0.05) is 23.2 Å². The quantitative estimate of drug-likeness (QED) is 0.695. The lowest BCUT2D eigenvalue weighted by Gasteiger charge is -2.06. The van der Waals surface area contributed by atoms with Crippen LogP contribution in [0.15, 0.2) is 6.07 Å². The molecule has 1 N–H and O–H groups in total. The summed E-state index contributed by atoms with van der Waals surface area (Å²) < 4.78 is 40.0. The summed E-state index contributed by atoms with van der Waals surface area (Å²) in [6.07, 6.45) is -4.11. The number of imidazole rings is 1. The van der Waals surface area contributed by atoms with Crippen molar-refractivity contribution in [2.24, 2.45) is 0 Å². The fourth-order valence-corrected chi connectivity index (χ4v) is 1.71. The van der Waals surface area contributed by atoms with Gasteiger partial charge in [-0.15, -0.1) is 0 Å². The van der Waals surface area contributed by atoms with Gasteiger partial charge in [-0.05, 0) is 6.07 Å². The van der Waals surface area contributed by atoms with Crippen LogP contribution in [0.25, 0.3) is 11.2 Å². The molecular weight excluding hydrogens is 306 g/mol. The number of halogens is 5. The number of nitrogens with zero attached hydrogens (tertiary/aromatic N) is 2. The Hall–Kier alpha value is -1.05. The number of H-pyrrole nitrogens is 1. The first-order valence-corrected chi connectivity index (χ1v) is 5.96. The molecular formula is C10H8Cl2F3N3O. The summed E-state index contributed by atoms with van der Waals surface area (Å²) in [6.45, 7) is -1.37. The molecule has 0 spiro atoms. The lowest BCUT2D eigenvalue weighted by atomic mass is 10.4. The average molecular weight is 314 g/mol. The van der Waals surface area contributed by atoms with Gasteiger partial charge in [0.15, 0.2) is 5.65 Å². The van der Waals surface area contributed by atoms with Crippen molar-refractivity contribution in [2.75, 3.05) is 13.2 Å². The molecule has 0 aliphatic rings. The minimum Gasteiger partial charge on any atom is -0.372 e. The maximum absolute atomic E-state index is 11.8. The third-order valence-electron chi connectivity index (χ3n) is 2.18. The number of pyridine rings is 1. The second-order valence-electron chi connectivity index (χ2n) is 3.73. The highest BCUT2D eigenvalue weighted by atomic mass is 35.5. The van der Waals surface area contributed by atoms with E-state index < -0.39 is 12.8 Å². The molecule has 0 radical (unpaired) electrons. The van der Waals surface area contributed by atoms with Crippen LogP contribution in [0.3, 0.4) is 0 Å². The Balaban J connectivity index is 1.98. The van der Waals surface area contributed by atoms with E-state index in [1.165, 1.54) is 0 Å². The van der Waals surface area contributed by atoms with Crippen molar-refractivity contribution in [1.82, 2.24) is 15.0 Å². The zero-order valence-electron chi connectivity index (χ0n) is 9.39. The lowest BCUT2D eigenvalue weighted by molar-refractivity contribution is -0.173. The molecule has 0 fully saturated rings. The normalized spacial score (nSPS) is 12.3. The molecule has 0 atom stereocenters. The molecule has 0 bridgehead atoms. The van der Waals surface area contributed by atoms with Crippen LogP contribution in [-0.2, 0) is 11.2 Å². The van der Waals surface area contributed by atoms with Gasteiger partial charge in [0, 0.05) is 6.42 Å². The highest BCUT2D eigenvalue weighted by Crippen LogP contribution is 2.23. The Kier molecular flexibility index (Phi) is 4.17. The smallest absolute Gasteiger partial charge is 0.372 e. The molecule has 0 aromatic carbocycles. The van der Waals surface area contributed by atoms with Gasteiger partial charge < -0.3 is 9.72 Å². The summed E-state index contributed by atoms with van der Waals surface area (Å²) in [7, 11) is 0. The largest absolute Gasteiger partial charge is 0.411 e. The van der Waals surface area contributed by atoms with E-state index >= 15 is 0 Å². The number of aromatic nitrogens is 3. The molecule has 0 unspecified atom stereocenters. The summed E-state index contributed by atoms with van der Waals surface area (Å²) in [5.41, 5.74) is 0.931. The molecule has 0 saturated carbocycles. The molecule has 19 heavy (non-hydrogen) atoms. The fraction of sp³-hybridized carbons (Fsp3) is 0.400. The molecule has 2 heterocycles. The third kappa shape index (κ3) is 3.95. The summed E-state index contributed by atoms with van der Waals surface area (Å²) in [5, 5.41) is 0.401. The molecule has 104 valence electrons. The number of fused-ring (bicyclic) bond motifs is 1. The number of alkyl halides is 3. The van der Waals surface area contributed by atoms with E-state index in [2.05, 4.69) is 19.7 Å². The molecule has 4 nitrogen and oxygen atoms in total. The number of hydrogen-bond donors (Lipinski definition) is 1. The van der Waals surface area contributed by atoms with Gasteiger partial charge >= 0.3 is 6.18 Å². The molecule has 0 amide bonds. The third-order valence-corrected chi connectivity index (χ3v) is 2.85. The van der Waals surface area contributed by atoms with E-state index in [9.17, 15) is 13.2 Å². The van der Waals surface area contributed by atoms with Crippen LogP contribution in [-0.4, -0.2) is 34.3 Å². The first-order chi connectivity index (χ1) is 8.85. The van der Waals surface area contributed by atoms with E-state index in [-0.39, 0.29) is 23.2 Å². The van der Waals surface area contributed by atoms with E-state index in [0.29, 0.717) is 17.0 Å². The van der Waals surface area contributed by atoms with Crippen LogP contribution in [0.1, 0.15) is 5.82 Å². The minimum atomic E-state index is -4.32. The Morgan fingerprint density at radius 1 is 1.26 bits per heavy atom. The second-order valence-corrected chi connectivity index (χ2v) is 4.50. The topological polar surface area (TPSA) is 50.8 Å². The van der Waals surface area contributed by atoms with Crippen molar-refractivity contribution >= 4 is 34.4 Å². The number of nitrogens with one attached hydrogen (secondary N) is 1. The number of ether oxygens (including phenoxy) is 1. The SMILES string of the molecule is FC(F)(F)COCCc1nc2nc(Cl)c(Cl)cc2[nH]1. The molecule has 9 heteroatoms. The molecule has 2 aromatic heterocycles. The Morgan fingerprint density at radius 2 is 2.00 bits per heavy atom. The molecule has 0 aliphatic heterocycles. The van der Waals surface area contributed by atoms with Crippen molar-refractivity contribution in [1.29, 1.82) is 0 Å². The first kappa shape index (κ1) is 14.4. The van der Waals surface area contributed by atoms with Gasteiger partial charge in [0.2, 0.25) is 0 Å². The van der Waals surface area contributed by atoms with E-state index in [0.717, 1.165) is 0 Å². The maximum atomic E-state index is 11.8. The summed E-state index contributed by atoms with van der Waals surface area (Å²) in [6, 6.07) is 1.55. The van der Waals surface area contributed by atoms with Crippen molar-refractivity contribution in [2.45, 2.75) is 12.6 Å². The van der Waals surface area contributed by atoms with Gasteiger partial charge in [0.25, 0.3) is 0 Å². The number of hydrogen-bond acceptors (Lipinski definition) is 3. The Morgan fingerprint density at radius 3 is 2.68 bits per heavy atom. The van der Waals surface area contributed by atoms with Crippen molar-refractivity contribution in [3.8, 4) is 0 Å². The van der Waals surface area contributed by atoms with Gasteiger partial charge in [-0.25, -0.2) is 9.97 Å². The van der Waals surface area contributed by atoms with Crippen LogP contribution in [0, 0.1) is 0 Å². The van der Waals surface area contributed by atoms with Crippen LogP contribution in [0.2, 0.25) is 10.2 Å². The zero-order chi connectivity index (χ0) is 14.0. The van der Waals surface area contributed by atoms with Crippen LogP contribution in [0.5, 0.6) is 0 Å². The minimum absolute atomic E-state index is 0.0964. The van der Waals surface area contributed by atoms with Gasteiger partial charge in [0.1, 0.15) is 17.6 Å². The van der Waals surface area contributed by atoms with Crippen LogP contribution in [0.4, 0.5) is 13.2 Å². The highest BCUT2D eigenvalue weighted by Gasteiger charge is 2.27. The maximum Gasteiger partial charge on any atom is 0.411 e. The van der Waals surface area contributed by atoms with Crippen LogP contribution >= 0.6 is 23.2 Å². The summed E-state index contributed by atoms with van der Waals surface area (Å²) in [5.74, 6) is 0.461. The van der Waals surface area contributed by atoms with Crippen LogP contribution < -0.4 is 0 Å². The van der Waals surface area contributed by atoms with Gasteiger partial charge in [0.05, 0.1) is 17.1 Å². The molecule has 2 rings (SSSR count). The van der Waals surface area contributed by atoms with Gasteiger partial charge in [-0.3, -0.25) is 0 Å². The Bertz CT molecular complexity index is 546. The van der Waals surface area contributed by atoms with Crippen molar-refractivity contribution in [3.63, 3.8) is 0 Å². The lowest BCUT2D eigenvalue weighted by Crippen LogP contribution is -2.18. The fourth-order valence-electron chi connectivity index (χ4n) is 1.42. The molecule has 0 saturated heterocycles. The van der Waals surface area contributed by atoms with Gasteiger partial charge in [-0.2, -0.15) is 13.2 Å². The van der Waals surface area contributed by atoms with E-state index in [1.807, 2.05) is 0 Å². The van der Waals surface area contributed by atoms with Crippen molar-refractivity contribution in [3.05, 3.63) is 22.1 Å². The Labute approximate surface area is 115 Å². The predicted molar refractivity (Wildman–Crippen MR) is 64.5 cm³/mol. The predicted octanol–water partition coefficient (Wildman–Crippen LogP) is 3.39. The zero-order valence-corrected chi connectivity index (χ0v) is 10.9.